The summed E-state index contributed by atoms with van der Waals surface area (Å²) >= 11 is 0. The Bertz CT molecular complexity index is 623. The second-order valence-corrected chi connectivity index (χ2v) is 5.10. The molecule has 1 N–H and O–H groups in total. The second-order valence-electron chi connectivity index (χ2n) is 5.10. The lowest BCUT2D eigenvalue weighted by molar-refractivity contribution is 0.0624. The molecule has 2 aromatic rings. The number of hydrogen-bond acceptors (Lipinski definition) is 3. The van der Waals surface area contributed by atoms with Crippen LogP contribution in [0.2, 0.25) is 0 Å². The summed E-state index contributed by atoms with van der Waals surface area (Å²) in [5.74, 6) is 0.484. The number of hydrogen-bond donors (Lipinski definition) is 1. The van der Waals surface area contributed by atoms with Crippen molar-refractivity contribution in [1.29, 1.82) is 0 Å². The summed E-state index contributed by atoms with van der Waals surface area (Å²) in [5.41, 5.74) is 1.72. The van der Waals surface area contributed by atoms with Gasteiger partial charge in [-0.05, 0) is 19.9 Å². The van der Waals surface area contributed by atoms with Crippen LogP contribution in [0.4, 0.5) is 0 Å². The van der Waals surface area contributed by atoms with E-state index in [0.717, 1.165) is 36.2 Å². The van der Waals surface area contributed by atoms with Gasteiger partial charge in [-0.2, -0.15) is 0 Å². The molecule has 0 saturated carbocycles. The van der Waals surface area contributed by atoms with E-state index < -0.39 is 0 Å². The number of carbonyl (C=O) groups excluding carboxylic acids is 1. The first-order valence-corrected chi connectivity index (χ1v) is 6.68. The molecule has 0 spiro atoms. The van der Waals surface area contributed by atoms with Crippen molar-refractivity contribution in [2.45, 2.75) is 19.9 Å². The van der Waals surface area contributed by atoms with Gasteiger partial charge in [-0.1, -0.05) is 18.2 Å². The summed E-state index contributed by atoms with van der Waals surface area (Å²) in [4.78, 5) is 14.5. The Morgan fingerprint density at radius 1 is 1.40 bits per heavy atom. The van der Waals surface area contributed by atoms with Crippen molar-refractivity contribution in [2.75, 3.05) is 19.6 Å². The molecule has 0 radical (unpaired) electrons. The van der Waals surface area contributed by atoms with Crippen molar-refractivity contribution >= 4 is 29.3 Å². The Labute approximate surface area is 124 Å². The number of nitrogens with zero attached hydrogens (tertiary/aromatic N) is 1. The van der Waals surface area contributed by atoms with E-state index in [1.807, 2.05) is 36.1 Å². The van der Waals surface area contributed by atoms with E-state index in [1.165, 1.54) is 0 Å². The van der Waals surface area contributed by atoms with E-state index in [0.29, 0.717) is 5.76 Å². The van der Waals surface area contributed by atoms with Crippen LogP contribution in [0.5, 0.6) is 0 Å². The average Bonchev–Trinajstić information content (AvgIpc) is 2.77. The van der Waals surface area contributed by atoms with E-state index in [1.54, 1.807) is 0 Å². The predicted octanol–water partition coefficient (Wildman–Crippen LogP) is 2.60. The molecule has 0 aliphatic carbocycles. The van der Waals surface area contributed by atoms with Gasteiger partial charge >= 0.3 is 0 Å². The molecule has 1 atom stereocenters. The topological polar surface area (TPSA) is 45.5 Å². The second kappa shape index (κ2) is 5.85. The van der Waals surface area contributed by atoms with Crippen LogP contribution in [0.15, 0.2) is 28.7 Å². The maximum absolute atomic E-state index is 12.6. The van der Waals surface area contributed by atoms with Crippen molar-refractivity contribution in [1.82, 2.24) is 10.2 Å². The number of rotatable bonds is 1. The first-order chi connectivity index (χ1) is 9.18. The lowest BCUT2D eigenvalue weighted by Crippen LogP contribution is -2.52. The Hall–Kier alpha value is -1.52. The molecule has 1 amide bonds. The third kappa shape index (κ3) is 2.41. The van der Waals surface area contributed by atoms with Crippen molar-refractivity contribution in [3.05, 3.63) is 35.6 Å². The first kappa shape index (κ1) is 14.9. The molecule has 4 nitrogen and oxygen atoms in total. The number of amides is 1. The molecule has 1 aromatic carbocycles. The molecule has 1 aliphatic heterocycles. The van der Waals surface area contributed by atoms with Crippen LogP contribution in [0.1, 0.15) is 23.0 Å². The lowest BCUT2D eigenvalue weighted by atomic mass is 10.1. The van der Waals surface area contributed by atoms with Gasteiger partial charge in [-0.15, -0.1) is 12.4 Å². The van der Waals surface area contributed by atoms with Gasteiger partial charge in [0.2, 0.25) is 0 Å². The summed E-state index contributed by atoms with van der Waals surface area (Å²) in [6.45, 7) is 6.42. The average molecular weight is 295 g/mol. The fourth-order valence-corrected chi connectivity index (χ4v) is 2.65. The van der Waals surface area contributed by atoms with E-state index in [-0.39, 0.29) is 24.4 Å². The summed E-state index contributed by atoms with van der Waals surface area (Å²) in [7, 11) is 0. The van der Waals surface area contributed by atoms with Gasteiger partial charge < -0.3 is 14.6 Å². The third-order valence-electron chi connectivity index (χ3n) is 3.80. The fourth-order valence-electron chi connectivity index (χ4n) is 2.65. The summed E-state index contributed by atoms with van der Waals surface area (Å²) in [6, 6.07) is 7.99. The van der Waals surface area contributed by atoms with Gasteiger partial charge in [-0.3, -0.25) is 4.79 Å². The molecule has 3 rings (SSSR count). The van der Waals surface area contributed by atoms with E-state index in [2.05, 4.69) is 12.2 Å². The Morgan fingerprint density at radius 3 is 2.85 bits per heavy atom. The van der Waals surface area contributed by atoms with Gasteiger partial charge in [0, 0.05) is 36.6 Å². The summed E-state index contributed by atoms with van der Waals surface area (Å²) in [5, 5.41) is 4.31. The fraction of sp³-hybridized carbons (Fsp3) is 0.400. The Balaban J connectivity index is 0.00000147. The zero-order valence-corrected chi connectivity index (χ0v) is 12.5. The molecule has 1 aromatic heterocycles. The molecule has 1 aliphatic rings. The number of furan rings is 1. The number of carbonyl (C=O) groups is 1. The quantitative estimate of drug-likeness (QED) is 0.879. The first-order valence-electron chi connectivity index (χ1n) is 6.68. The molecular weight excluding hydrogens is 276 g/mol. The third-order valence-corrected chi connectivity index (χ3v) is 3.80. The highest BCUT2D eigenvalue weighted by Crippen LogP contribution is 2.26. The SMILES string of the molecule is Cc1c(C(=O)N2CCNC[C@H]2C)oc2ccccc12.Cl. The van der Waals surface area contributed by atoms with Gasteiger partial charge in [0.25, 0.3) is 5.91 Å². The number of para-hydroxylation sites is 1. The minimum atomic E-state index is 0. The maximum Gasteiger partial charge on any atom is 0.290 e. The number of fused-ring (bicyclic) bond motifs is 1. The summed E-state index contributed by atoms with van der Waals surface area (Å²) in [6.07, 6.45) is 0. The van der Waals surface area contributed by atoms with E-state index >= 15 is 0 Å². The molecular formula is C15H19ClN2O2. The van der Waals surface area contributed by atoms with Crippen LogP contribution in [0.25, 0.3) is 11.0 Å². The predicted molar refractivity (Wildman–Crippen MR) is 81.6 cm³/mol. The van der Waals surface area contributed by atoms with Crippen LogP contribution >= 0.6 is 12.4 Å². The molecule has 0 unspecified atom stereocenters. The van der Waals surface area contributed by atoms with Gasteiger partial charge in [-0.25, -0.2) is 0 Å². The number of benzene rings is 1. The number of piperazine rings is 1. The summed E-state index contributed by atoms with van der Waals surface area (Å²) < 4.78 is 5.75. The van der Waals surface area contributed by atoms with E-state index in [4.69, 9.17) is 4.42 Å². The van der Waals surface area contributed by atoms with Crippen LogP contribution < -0.4 is 5.32 Å². The van der Waals surface area contributed by atoms with Crippen LogP contribution in [0.3, 0.4) is 0 Å². The monoisotopic (exact) mass is 294 g/mol. The highest BCUT2D eigenvalue weighted by atomic mass is 35.5. The zero-order valence-electron chi connectivity index (χ0n) is 11.7. The highest BCUT2D eigenvalue weighted by molar-refractivity contribution is 5.99. The van der Waals surface area contributed by atoms with E-state index in [9.17, 15) is 4.79 Å². The Kier molecular flexibility index (Phi) is 4.35. The van der Waals surface area contributed by atoms with Gasteiger partial charge in [0.15, 0.2) is 5.76 Å². The molecule has 5 heteroatoms. The highest BCUT2D eigenvalue weighted by Gasteiger charge is 2.28. The zero-order chi connectivity index (χ0) is 13.4. The van der Waals surface area contributed by atoms with Gasteiger partial charge in [0.1, 0.15) is 5.58 Å². The van der Waals surface area contributed by atoms with Crippen molar-refractivity contribution in [2.24, 2.45) is 0 Å². The standard InChI is InChI=1S/C15H18N2O2.ClH/c1-10-9-16-7-8-17(10)15(18)14-11(2)12-5-3-4-6-13(12)19-14;/h3-6,10,16H,7-9H2,1-2H3;1H/t10-;/m1./s1. The van der Waals surface area contributed by atoms with Crippen LogP contribution in [-0.2, 0) is 0 Å². The number of halogens is 1. The smallest absolute Gasteiger partial charge is 0.290 e. The number of aryl methyl sites for hydroxylation is 1. The maximum atomic E-state index is 12.6. The van der Waals surface area contributed by atoms with Crippen molar-refractivity contribution in [3.63, 3.8) is 0 Å². The van der Waals surface area contributed by atoms with Crippen molar-refractivity contribution < 1.29 is 9.21 Å². The molecule has 1 saturated heterocycles. The molecule has 0 bridgehead atoms. The molecule has 2 heterocycles. The molecule has 1 fully saturated rings. The van der Waals surface area contributed by atoms with Gasteiger partial charge in [0.05, 0.1) is 0 Å². The Morgan fingerprint density at radius 2 is 2.15 bits per heavy atom. The van der Waals surface area contributed by atoms with Crippen LogP contribution in [-0.4, -0.2) is 36.5 Å². The minimum absolute atomic E-state index is 0. The van der Waals surface area contributed by atoms with Crippen molar-refractivity contribution in [3.8, 4) is 0 Å². The largest absolute Gasteiger partial charge is 0.451 e. The minimum Gasteiger partial charge on any atom is -0.451 e. The lowest BCUT2D eigenvalue weighted by Gasteiger charge is -2.33. The number of nitrogens with one attached hydrogen (secondary N) is 1. The van der Waals surface area contributed by atoms with Crippen LogP contribution in [0, 0.1) is 6.92 Å². The molecule has 108 valence electrons. The normalized spacial score (nSPS) is 18.9. The molecule has 20 heavy (non-hydrogen) atoms.